The van der Waals surface area contributed by atoms with Crippen LogP contribution in [0, 0.1) is 13.8 Å². The fourth-order valence-corrected chi connectivity index (χ4v) is 3.50. The van der Waals surface area contributed by atoms with Crippen molar-refractivity contribution in [1.29, 1.82) is 0 Å². The van der Waals surface area contributed by atoms with Gasteiger partial charge in [0.2, 0.25) is 5.91 Å². The van der Waals surface area contributed by atoms with Crippen molar-refractivity contribution in [3.05, 3.63) is 59.3 Å². The maximum Gasteiger partial charge on any atom is 0.278 e. The van der Waals surface area contributed by atoms with Crippen molar-refractivity contribution in [3.8, 4) is 11.6 Å². The van der Waals surface area contributed by atoms with Gasteiger partial charge in [-0.3, -0.25) is 9.78 Å². The van der Waals surface area contributed by atoms with Gasteiger partial charge in [-0.25, -0.2) is 4.98 Å². The molecular weight excluding hydrogens is 354 g/mol. The third-order valence-corrected chi connectivity index (χ3v) is 5.09. The van der Waals surface area contributed by atoms with Crippen molar-refractivity contribution in [2.45, 2.75) is 39.0 Å². The van der Waals surface area contributed by atoms with Gasteiger partial charge in [0, 0.05) is 25.2 Å². The minimum atomic E-state index is 0.174. The van der Waals surface area contributed by atoms with Crippen molar-refractivity contribution in [3.63, 3.8) is 0 Å². The molecule has 0 radical (unpaired) electrons. The molecule has 0 bridgehead atoms. The van der Waals surface area contributed by atoms with Gasteiger partial charge < -0.3 is 9.42 Å². The minimum absolute atomic E-state index is 0.174. The molecule has 7 nitrogen and oxygen atoms in total. The third kappa shape index (κ3) is 4.08. The fraction of sp³-hybridized carbons (Fsp3) is 0.381. The van der Waals surface area contributed by atoms with E-state index in [1.807, 2.05) is 36.9 Å². The number of likely N-dealkylation sites (tertiary alicyclic amines) is 1. The van der Waals surface area contributed by atoms with Gasteiger partial charge in [-0.2, -0.15) is 4.98 Å². The summed E-state index contributed by atoms with van der Waals surface area (Å²) in [6, 6.07) is 8.11. The van der Waals surface area contributed by atoms with Crippen LogP contribution in [0.25, 0.3) is 11.6 Å². The van der Waals surface area contributed by atoms with Crippen LogP contribution < -0.4 is 0 Å². The Morgan fingerprint density at radius 3 is 2.71 bits per heavy atom. The smallest absolute Gasteiger partial charge is 0.278 e. The number of carbonyl (C=O) groups excluding carboxylic acids is 1. The Balaban J connectivity index is 1.35. The van der Waals surface area contributed by atoms with Crippen molar-refractivity contribution in [2.24, 2.45) is 0 Å². The lowest BCUT2D eigenvalue weighted by Gasteiger charge is -2.30. The van der Waals surface area contributed by atoms with E-state index in [2.05, 4.69) is 26.2 Å². The highest BCUT2D eigenvalue weighted by Crippen LogP contribution is 2.27. The van der Waals surface area contributed by atoms with Crippen LogP contribution in [0.15, 0.2) is 41.2 Å². The zero-order valence-corrected chi connectivity index (χ0v) is 16.1. The summed E-state index contributed by atoms with van der Waals surface area (Å²) >= 11 is 0. The van der Waals surface area contributed by atoms with Gasteiger partial charge in [-0.1, -0.05) is 35.0 Å². The standard InChI is InChI=1S/C21H23N5O2/c1-14-4-3-5-16(10-14)11-19(27)26-8-6-17(7-9-26)20-24-21(28-25-20)18-13-22-15(2)12-23-18/h3-5,10,12-13,17H,6-9,11H2,1-2H3. The molecule has 3 aromatic rings. The number of hydrogen-bond donors (Lipinski definition) is 0. The number of benzene rings is 1. The van der Waals surface area contributed by atoms with Gasteiger partial charge in [0.15, 0.2) is 5.82 Å². The van der Waals surface area contributed by atoms with Crippen LogP contribution in [0.1, 0.15) is 41.4 Å². The monoisotopic (exact) mass is 377 g/mol. The van der Waals surface area contributed by atoms with Crippen molar-refractivity contribution in [2.75, 3.05) is 13.1 Å². The Hall–Kier alpha value is -3.09. The summed E-state index contributed by atoms with van der Waals surface area (Å²) in [6.07, 6.45) is 5.43. The van der Waals surface area contributed by atoms with Gasteiger partial charge >= 0.3 is 0 Å². The first-order valence-electron chi connectivity index (χ1n) is 9.54. The molecule has 2 aromatic heterocycles. The number of aromatic nitrogens is 4. The number of piperidine rings is 1. The summed E-state index contributed by atoms with van der Waals surface area (Å²) in [5.41, 5.74) is 3.66. The largest absolute Gasteiger partial charge is 0.342 e. The Kier molecular flexibility index (Phi) is 5.14. The molecule has 1 aliphatic rings. The fourth-order valence-electron chi connectivity index (χ4n) is 3.50. The number of amides is 1. The Bertz CT molecular complexity index is 959. The predicted molar refractivity (Wildman–Crippen MR) is 103 cm³/mol. The number of aryl methyl sites for hydroxylation is 2. The van der Waals surface area contributed by atoms with Crippen molar-refractivity contribution < 1.29 is 9.32 Å². The topological polar surface area (TPSA) is 85.0 Å². The van der Waals surface area contributed by atoms with Crippen LogP contribution in [0.4, 0.5) is 0 Å². The average Bonchev–Trinajstić information content (AvgIpc) is 3.19. The molecule has 7 heteroatoms. The number of hydrogen-bond acceptors (Lipinski definition) is 6. The second kappa shape index (κ2) is 7.88. The second-order valence-corrected chi connectivity index (χ2v) is 7.32. The third-order valence-electron chi connectivity index (χ3n) is 5.09. The second-order valence-electron chi connectivity index (χ2n) is 7.32. The number of nitrogens with zero attached hydrogens (tertiary/aromatic N) is 5. The molecule has 0 saturated carbocycles. The minimum Gasteiger partial charge on any atom is -0.342 e. The summed E-state index contributed by atoms with van der Waals surface area (Å²) in [4.78, 5) is 27.5. The van der Waals surface area contributed by atoms with E-state index in [-0.39, 0.29) is 11.8 Å². The molecule has 3 heterocycles. The van der Waals surface area contributed by atoms with Crippen LogP contribution in [0.3, 0.4) is 0 Å². The first-order chi connectivity index (χ1) is 13.6. The van der Waals surface area contributed by atoms with Crippen molar-refractivity contribution >= 4 is 5.91 Å². The van der Waals surface area contributed by atoms with Crippen LogP contribution in [0.2, 0.25) is 0 Å². The van der Waals surface area contributed by atoms with Crippen molar-refractivity contribution in [1.82, 2.24) is 25.0 Å². The van der Waals surface area contributed by atoms with Crippen LogP contribution in [-0.2, 0) is 11.2 Å². The normalized spacial score (nSPS) is 15.0. The highest BCUT2D eigenvalue weighted by Gasteiger charge is 2.27. The molecule has 1 fully saturated rings. The molecule has 144 valence electrons. The molecule has 0 atom stereocenters. The summed E-state index contributed by atoms with van der Waals surface area (Å²) in [7, 11) is 0. The molecule has 0 aliphatic carbocycles. The first-order valence-corrected chi connectivity index (χ1v) is 9.54. The number of carbonyl (C=O) groups is 1. The van der Waals surface area contributed by atoms with E-state index >= 15 is 0 Å². The first kappa shape index (κ1) is 18.3. The van der Waals surface area contributed by atoms with E-state index in [0.29, 0.717) is 36.9 Å². The molecular formula is C21H23N5O2. The zero-order valence-electron chi connectivity index (χ0n) is 16.1. The predicted octanol–water partition coefficient (Wildman–Crippen LogP) is 3.09. The SMILES string of the molecule is Cc1cccc(CC(=O)N2CCC(c3noc(-c4cnc(C)cn4)n3)CC2)c1. The van der Waals surface area contributed by atoms with Gasteiger partial charge in [0.05, 0.1) is 18.3 Å². The molecule has 0 unspecified atom stereocenters. The quantitative estimate of drug-likeness (QED) is 0.695. The van der Waals surface area contributed by atoms with Gasteiger partial charge in [-0.05, 0) is 32.3 Å². The van der Waals surface area contributed by atoms with E-state index in [1.165, 1.54) is 5.56 Å². The van der Waals surface area contributed by atoms with E-state index in [1.54, 1.807) is 12.4 Å². The molecule has 1 aliphatic heterocycles. The average molecular weight is 377 g/mol. The van der Waals surface area contributed by atoms with E-state index in [0.717, 1.165) is 24.1 Å². The molecule has 1 saturated heterocycles. The van der Waals surface area contributed by atoms with Crippen LogP contribution >= 0.6 is 0 Å². The molecule has 28 heavy (non-hydrogen) atoms. The summed E-state index contributed by atoms with van der Waals surface area (Å²) in [6.45, 7) is 5.35. The Morgan fingerprint density at radius 1 is 1.18 bits per heavy atom. The van der Waals surface area contributed by atoms with Gasteiger partial charge in [-0.15, -0.1) is 0 Å². The molecule has 4 rings (SSSR count). The molecule has 1 amide bonds. The van der Waals surface area contributed by atoms with Crippen LogP contribution in [-0.4, -0.2) is 44.0 Å². The molecule has 0 spiro atoms. The van der Waals surface area contributed by atoms with Gasteiger partial charge in [0.25, 0.3) is 5.89 Å². The Labute approximate surface area is 163 Å². The number of rotatable bonds is 4. The summed E-state index contributed by atoms with van der Waals surface area (Å²) in [5, 5.41) is 4.13. The summed E-state index contributed by atoms with van der Waals surface area (Å²) in [5.74, 6) is 1.44. The van der Waals surface area contributed by atoms with E-state index < -0.39 is 0 Å². The van der Waals surface area contributed by atoms with E-state index in [9.17, 15) is 4.79 Å². The highest BCUT2D eigenvalue weighted by molar-refractivity contribution is 5.79. The highest BCUT2D eigenvalue weighted by atomic mass is 16.5. The molecule has 1 aromatic carbocycles. The molecule has 0 N–H and O–H groups in total. The van der Waals surface area contributed by atoms with E-state index in [4.69, 9.17) is 4.52 Å². The van der Waals surface area contributed by atoms with Gasteiger partial charge in [0.1, 0.15) is 5.69 Å². The summed E-state index contributed by atoms with van der Waals surface area (Å²) < 4.78 is 5.36. The zero-order chi connectivity index (χ0) is 19.5. The maximum absolute atomic E-state index is 12.6. The lowest BCUT2D eigenvalue weighted by Crippen LogP contribution is -2.39. The van der Waals surface area contributed by atoms with Crippen LogP contribution in [0.5, 0.6) is 0 Å². The lowest BCUT2D eigenvalue weighted by atomic mass is 9.95. The Morgan fingerprint density at radius 2 is 2.00 bits per heavy atom. The lowest BCUT2D eigenvalue weighted by molar-refractivity contribution is -0.131. The maximum atomic E-state index is 12.6.